The smallest absolute Gasteiger partial charge is 0.123 e. The molecule has 0 aromatic heterocycles. The molecule has 3 heteroatoms. The lowest BCUT2D eigenvalue weighted by Crippen LogP contribution is -2.22. The van der Waals surface area contributed by atoms with Crippen molar-refractivity contribution in [1.29, 1.82) is 0 Å². The van der Waals surface area contributed by atoms with Crippen LogP contribution in [0.5, 0.6) is 5.75 Å². The summed E-state index contributed by atoms with van der Waals surface area (Å²) in [6.45, 7) is 5.56. The van der Waals surface area contributed by atoms with Crippen LogP contribution in [0.3, 0.4) is 0 Å². The first-order chi connectivity index (χ1) is 14.6. The normalized spacial score (nSPS) is 15.0. The molecule has 0 fully saturated rings. The topological polar surface area (TPSA) is 35.2 Å². The van der Waals surface area contributed by atoms with Crippen LogP contribution >= 0.6 is 0 Å². The summed E-state index contributed by atoms with van der Waals surface area (Å²) < 4.78 is 19.0. The van der Waals surface area contributed by atoms with Crippen LogP contribution in [0.25, 0.3) is 11.1 Å². The van der Waals surface area contributed by atoms with E-state index in [1.807, 2.05) is 12.1 Å². The Morgan fingerprint density at radius 3 is 2.17 bits per heavy atom. The van der Waals surface area contributed by atoms with Gasteiger partial charge in [0.05, 0.1) is 0 Å². The van der Waals surface area contributed by atoms with Gasteiger partial charge in [0.25, 0.3) is 0 Å². The second-order valence-electron chi connectivity index (χ2n) is 7.97. The minimum atomic E-state index is -0.215. The van der Waals surface area contributed by atoms with Crippen molar-refractivity contribution < 1.29 is 9.13 Å². The van der Waals surface area contributed by atoms with Crippen LogP contribution in [-0.2, 0) is 19.4 Å². The number of halogens is 1. The van der Waals surface area contributed by atoms with Gasteiger partial charge in [0.1, 0.15) is 18.2 Å². The molecule has 0 amide bonds. The van der Waals surface area contributed by atoms with Crippen LogP contribution in [0.1, 0.15) is 43.4 Å². The van der Waals surface area contributed by atoms with Gasteiger partial charge in [-0.15, -0.1) is 0 Å². The number of hydrogen-bond donors (Lipinski definition) is 1. The molecule has 0 bridgehead atoms. The van der Waals surface area contributed by atoms with Crippen molar-refractivity contribution in [1.82, 2.24) is 0 Å². The Bertz CT molecular complexity index is 919. The fraction of sp³-hybridized carbons (Fsp3) is 0.333. The molecule has 4 rings (SSSR count). The number of benzene rings is 3. The maximum Gasteiger partial charge on any atom is 0.123 e. The molecule has 0 saturated carbocycles. The summed E-state index contributed by atoms with van der Waals surface area (Å²) in [4.78, 5) is 0. The third-order valence-electron chi connectivity index (χ3n) is 5.38. The maximum atomic E-state index is 13.0. The molecule has 0 saturated heterocycles. The number of aryl methyl sites for hydroxylation is 1. The monoisotopic (exact) mass is 405 g/mol. The van der Waals surface area contributed by atoms with E-state index in [4.69, 9.17) is 10.5 Å². The Morgan fingerprint density at radius 2 is 1.53 bits per heavy atom. The van der Waals surface area contributed by atoms with Crippen LogP contribution in [-0.4, -0.2) is 6.54 Å². The molecule has 2 nitrogen and oxygen atoms in total. The highest BCUT2D eigenvalue weighted by molar-refractivity contribution is 5.63. The van der Waals surface area contributed by atoms with Gasteiger partial charge >= 0.3 is 0 Å². The number of nitrogens with two attached hydrogens (primary N) is 1. The van der Waals surface area contributed by atoms with Gasteiger partial charge in [-0.05, 0) is 83.8 Å². The predicted octanol–water partition coefficient (Wildman–Crippen LogP) is 6.55. The van der Waals surface area contributed by atoms with E-state index in [2.05, 4.69) is 44.2 Å². The van der Waals surface area contributed by atoms with Crippen molar-refractivity contribution >= 4 is 0 Å². The molecular formula is C27H32FNO. The van der Waals surface area contributed by atoms with E-state index in [1.165, 1.54) is 29.7 Å². The van der Waals surface area contributed by atoms with E-state index in [1.54, 1.807) is 12.1 Å². The van der Waals surface area contributed by atoms with Crippen LogP contribution in [0.2, 0.25) is 0 Å². The Labute approximate surface area is 179 Å². The van der Waals surface area contributed by atoms with E-state index in [0.29, 0.717) is 12.5 Å². The zero-order chi connectivity index (χ0) is 21.3. The van der Waals surface area contributed by atoms with Crippen molar-refractivity contribution in [2.75, 3.05) is 6.54 Å². The predicted molar refractivity (Wildman–Crippen MR) is 123 cm³/mol. The quantitative estimate of drug-likeness (QED) is 0.522. The summed E-state index contributed by atoms with van der Waals surface area (Å²) in [5.74, 6) is 1.32. The van der Waals surface area contributed by atoms with Crippen LogP contribution < -0.4 is 10.5 Å². The summed E-state index contributed by atoms with van der Waals surface area (Å²) in [7, 11) is 0. The molecule has 2 N–H and O–H groups in total. The second kappa shape index (κ2) is 10.9. The SMILES string of the molecule is CCC.NCC1CCc2cc(OCc3ccc(-c4ccc(F)cc4)cc3)ccc2C1. The molecule has 0 radical (unpaired) electrons. The van der Waals surface area contributed by atoms with Crippen molar-refractivity contribution in [3.63, 3.8) is 0 Å². The van der Waals surface area contributed by atoms with Crippen LogP contribution in [0.15, 0.2) is 66.7 Å². The molecule has 1 aliphatic carbocycles. The number of hydrogen-bond acceptors (Lipinski definition) is 2. The third-order valence-corrected chi connectivity index (χ3v) is 5.38. The van der Waals surface area contributed by atoms with Gasteiger partial charge in [0.15, 0.2) is 0 Å². The fourth-order valence-electron chi connectivity index (χ4n) is 3.70. The molecule has 0 spiro atoms. The fourth-order valence-corrected chi connectivity index (χ4v) is 3.70. The lowest BCUT2D eigenvalue weighted by molar-refractivity contribution is 0.305. The third kappa shape index (κ3) is 5.93. The molecule has 3 aromatic carbocycles. The lowest BCUT2D eigenvalue weighted by Gasteiger charge is -2.23. The number of rotatable bonds is 5. The Balaban J connectivity index is 0.000000806. The molecule has 0 heterocycles. The van der Waals surface area contributed by atoms with E-state index >= 15 is 0 Å². The average Bonchev–Trinajstić information content (AvgIpc) is 2.78. The zero-order valence-corrected chi connectivity index (χ0v) is 18.0. The molecule has 30 heavy (non-hydrogen) atoms. The highest BCUT2D eigenvalue weighted by Gasteiger charge is 2.17. The minimum Gasteiger partial charge on any atom is -0.489 e. The number of fused-ring (bicyclic) bond motifs is 1. The summed E-state index contributed by atoms with van der Waals surface area (Å²) >= 11 is 0. The van der Waals surface area contributed by atoms with Gasteiger partial charge < -0.3 is 10.5 Å². The Morgan fingerprint density at radius 1 is 0.900 bits per heavy atom. The first-order valence-electron chi connectivity index (χ1n) is 10.9. The first-order valence-corrected chi connectivity index (χ1v) is 10.9. The number of ether oxygens (including phenoxy) is 1. The van der Waals surface area contributed by atoms with Gasteiger partial charge in [-0.1, -0.05) is 62.7 Å². The molecular weight excluding hydrogens is 373 g/mol. The van der Waals surface area contributed by atoms with Gasteiger partial charge in [-0.25, -0.2) is 4.39 Å². The molecule has 0 aliphatic heterocycles. The summed E-state index contributed by atoms with van der Waals surface area (Å²) in [5, 5.41) is 0. The van der Waals surface area contributed by atoms with Gasteiger partial charge in [-0.3, -0.25) is 0 Å². The Hall–Kier alpha value is -2.65. The van der Waals surface area contributed by atoms with Gasteiger partial charge in [0, 0.05) is 0 Å². The summed E-state index contributed by atoms with van der Waals surface area (Å²) in [6.07, 6.45) is 4.58. The molecule has 1 aliphatic rings. The van der Waals surface area contributed by atoms with Crippen molar-refractivity contribution in [3.8, 4) is 16.9 Å². The highest BCUT2D eigenvalue weighted by Crippen LogP contribution is 2.28. The molecule has 158 valence electrons. The van der Waals surface area contributed by atoms with Gasteiger partial charge in [0.2, 0.25) is 0 Å². The van der Waals surface area contributed by atoms with Crippen LogP contribution in [0, 0.1) is 11.7 Å². The standard InChI is InChI=1S/C24H24FNO.C3H8/c25-23-10-7-20(8-11-23)19-4-1-17(2-5-19)16-27-24-12-9-21-13-18(15-26)3-6-22(21)14-24;1-3-2/h1-2,4-5,7-12,14,18H,3,6,13,15-16,26H2;3H2,1-2H3. The minimum absolute atomic E-state index is 0.215. The van der Waals surface area contributed by atoms with E-state index in [-0.39, 0.29) is 5.82 Å². The zero-order valence-electron chi connectivity index (χ0n) is 18.0. The van der Waals surface area contributed by atoms with E-state index in [0.717, 1.165) is 48.2 Å². The van der Waals surface area contributed by atoms with Crippen molar-refractivity contribution in [2.24, 2.45) is 11.7 Å². The van der Waals surface area contributed by atoms with Crippen LogP contribution in [0.4, 0.5) is 4.39 Å². The van der Waals surface area contributed by atoms with Gasteiger partial charge in [-0.2, -0.15) is 0 Å². The van der Waals surface area contributed by atoms with Crippen molar-refractivity contribution in [3.05, 3.63) is 89.2 Å². The van der Waals surface area contributed by atoms with Crippen molar-refractivity contribution in [2.45, 2.75) is 46.1 Å². The molecule has 3 aromatic rings. The summed E-state index contributed by atoms with van der Waals surface area (Å²) in [5.41, 5.74) is 11.8. The molecule has 1 atom stereocenters. The Kier molecular flexibility index (Phi) is 8.04. The van der Waals surface area contributed by atoms with E-state index < -0.39 is 0 Å². The largest absolute Gasteiger partial charge is 0.489 e. The lowest BCUT2D eigenvalue weighted by atomic mass is 9.84. The summed E-state index contributed by atoms with van der Waals surface area (Å²) in [6, 6.07) is 21.2. The maximum absolute atomic E-state index is 13.0. The second-order valence-corrected chi connectivity index (χ2v) is 7.97. The average molecular weight is 406 g/mol. The van der Waals surface area contributed by atoms with E-state index in [9.17, 15) is 4.39 Å². The first kappa shape index (κ1) is 22.0. The molecule has 1 unspecified atom stereocenters. The highest BCUT2D eigenvalue weighted by atomic mass is 19.1.